The number of hydrogen-bond acceptors (Lipinski definition) is 5. The first-order valence-electron chi connectivity index (χ1n) is 8.21. The molecule has 2 unspecified atom stereocenters. The number of ether oxygens (including phenoxy) is 1. The van der Waals surface area contributed by atoms with Crippen LogP contribution in [0.2, 0.25) is 0 Å². The van der Waals surface area contributed by atoms with Crippen molar-refractivity contribution in [3.05, 3.63) is 47.2 Å². The van der Waals surface area contributed by atoms with Crippen LogP contribution in [0.3, 0.4) is 0 Å². The number of carbonyl (C=O) groups excluding carboxylic acids is 3. The Morgan fingerprint density at radius 2 is 2.08 bits per heavy atom. The van der Waals surface area contributed by atoms with Crippen LogP contribution in [-0.2, 0) is 25.5 Å². The highest BCUT2D eigenvalue weighted by Gasteiger charge is 2.54. The first-order valence-corrected chi connectivity index (χ1v) is 9.69. The molecule has 0 bridgehead atoms. The number of hydrogen-bond donors (Lipinski definition) is 1. The average Bonchev–Trinajstić information content (AvgIpc) is 2.59. The number of alkyl halides is 1. The van der Waals surface area contributed by atoms with Gasteiger partial charge in [-0.05, 0) is 25.0 Å². The van der Waals surface area contributed by atoms with Crippen molar-refractivity contribution in [3.63, 3.8) is 0 Å². The van der Waals surface area contributed by atoms with Crippen LogP contribution in [0.1, 0.15) is 19.4 Å². The SMILES string of the molecule is CC1=C(C(=O)OC(C)Cl)N2C(=O)C(NC(=O)Cc3ccccc3)[C@H]2SC1. The number of thioether (sulfide) groups is 1. The Labute approximate surface area is 160 Å². The van der Waals surface area contributed by atoms with Crippen LogP contribution in [0.5, 0.6) is 0 Å². The molecular weight excluding hydrogens is 376 g/mol. The van der Waals surface area contributed by atoms with Crippen molar-refractivity contribution < 1.29 is 19.1 Å². The van der Waals surface area contributed by atoms with Crippen LogP contribution in [0.15, 0.2) is 41.6 Å². The number of amides is 2. The minimum Gasteiger partial charge on any atom is -0.442 e. The molecule has 2 aliphatic rings. The normalized spacial score (nSPS) is 23.0. The van der Waals surface area contributed by atoms with Crippen molar-refractivity contribution in [2.75, 3.05) is 5.75 Å². The Morgan fingerprint density at radius 3 is 2.73 bits per heavy atom. The van der Waals surface area contributed by atoms with Gasteiger partial charge in [-0.3, -0.25) is 14.5 Å². The van der Waals surface area contributed by atoms with E-state index in [4.69, 9.17) is 16.3 Å². The van der Waals surface area contributed by atoms with Crippen LogP contribution in [0.25, 0.3) is 0 Å². The van der Waals surface area contributed by atoms with Crippen LogP contribution < -0.4 is 5.32 Å². The molecule has 0 aromatic heterocycles. The van der Waals surface area contributed by atoms with Crippen molar-refractivity contribution in [2.45, 2.75) is 37.2 Å². The van der Waals surface area contributed by atoms with Gasteiger partial charge in [0.05, 0.1) is 6.42 Å². The van der Waals surface area contributed by atoms with Gasteiger partial charge in [0.1, 0.15) is 17.1 Å². The summed E-state index contributed by atoms with van der Waals surface area (Å²) in [6.07, 6.45) is 0.204. The van der Waals surface area contributed by atoms with Gasteiger partial charge in [-0.2, -0.15) is 0 Å². The van der Waals surface area contributed by atoms with E-state index >= 15 is 0 Å². The van der Waals surface area contributed by atoms with E-state index in [9.17, 15) is 14.4 Å². The summed E-state index contributed by atoms with van der Waals surface area (Å²) in [6, 6.07) is 8.68. The predicted octanol–water partition coefficient (Wildman–Crippen LogP) is 2.03. The van der Waals surface area contributed by atoms with E-state index in [-0.39, 0.29) is 29.3 Å². The molecule has 138 valence electrons. The van der Waals surface area contributed by atoms with Crippen LogP contribution >= 0.6 is 23.4 Å². The molecule has 3 atom stereocenters. The van der Waals surface area contributed by atoms with Gasteiger partial charge in [-0.25, -0.2) is 4.79 Å². The molecule has 2 heterocycles. The molecule has 3 rings (SSSR count). The molecule has 8 heteroatoms. The maximum atomic E-state index is 12.6. The number of β-lactam (4-membered cyclic amide) rings is 1. The summed E-state index contributed by atoms with van der Waals surface area (Å²) in [5.74, 6) is -0.560. The monoisotopic (exact) mass is 394 g/mol. The summed E-state index contributed by atoms with van der Waals surface area (Å²) in [5, 5.41) is 2.47. The van der Waals surface area contributed by atoms with Gasteiger partial charge in [-0.1, -0.05) is 41.9 Å². The zero-order valence-corrected chi connectivity index (χ0v) is 16.0. The van der Waals surface area contributed by atoms with Gasteiger partial charge in [0, 0.05) is 5.75 Å². The summed E-state index contributed by atoms with van der Waals surface area (Å²) in [6.45, 7) is 3.32. The zero-order chi connectivity index (χ0) is 18.8. The molecule has 0 saturated carbocycles. The third-order valence-electron chi connectivity index (χ3n) is 4.15. The molecule has 6 nitrogen and oxygen atoms in total. The predicted molar refractivity (Wildman–Crippen MR) is 99.3 cm³/mol. The Morgan fingerprint density at radius 1 is 1.38 bits per heavy atom. The standard InChI is InChI=1S/C18H19ClN2O4S/c1-10-9-26-17-14(20-13(22)8-12-6-4-3-5-7-12)16(23)21(17)15(10)18(24)25-11(2)19/h3-7,11,14,17H,8-9H2,1-2H3,(H,20,22)/t11?,14?,17-/m1/s1. The van der Waals surface area contributed by atoms with Crippen LogP contribution in [-0.4, -0.2) is 45.4 Å². The minimum atomic E-state index is -0.784. The highest BCUT2D eigenvalue weighted by atomic mass is 35.5. The number of halogens is 1. The lowest BCUT2D eigenvalue weighted by molar-refractivity contribution is -0.153. The number of fused-ring (bicyclic) bond motifs is 1. The largest absolute Gasteiger partial charge is 0.442 e. The lowest BCUT2D eigenvalue weighted by Gasteiger charge is -2.49. The lowest BCUT2D eigenvalue weighted by Crippen LogP contribution is -2.70. The molecule has 2 aliphatic heterocycles. The summed E-state index contributed by atoms with van der Waals surface area (Å²) in [5.41, 5.74) is 1.09. The third kappa shape index (κ3) is 3.73. The van der Waals surface area contributed by atoms with E-state index in [1.54, 1.807) is 6.92 Å². The van der Waals surface area contributed by atoms with Crippen LogP contribution in [0.4, 0.5) is 0 Å². The Kier molecular flexibility index (Phi) is 5.58. The Balaban J connectivity index is 1.67. The van der Waals surface area contributed by atoms with Crippen LogP contribution in [0, 0.1) is 0 Å². The van der Waals surface area contributed by atoms with Crippen molar-refractivity contribution in [1.29, 1.82) is 0 Å². The second-order valence-electron chi connectivity index (χ2n) is 6.19. The van der Waals surface area contributed by atoms with Gasteiger partial charge in [-0.15, -0.1) is 11.8 Å². The summed E-state index contributed by atoms with van der Waals surface area (Å²) in [4.78, 5) is 38.5. The topological polar surface area (TPSA) is 75.7 Å². The van der Waals surface area contributed by atoms with E-state index in [0.29, 0.717) is 5.75 Å². The average molecular weight is 395 g/mol. The Hall–Kier alpha value is -1.99. The van der Waals surface area contributed by atoms with Gasteiger partial charge in [0.15, 0.2) is 5.56 Å². The number of rotatable bonds is 5. The van der Waals surface area contributed by atoms with Crippen molar-refractivity contribution in [3.8, 4) is 0 Å². The smallest absolute Gasteiger partial charge is 0.356 e. The fraction of sp³-hybridized carbons (Fsp3) is 0.389. The second kappa shape index (κ2) is 7.72. The number of esters is 1. The molecule has 1 N–H and O–H groups in total. The molecular formula is C18H19ClN2O4S. The van der Waals surface area contributed by atoms with Gasteiger partial charge < -0.3 is 10.1 Å². The molecule has 0 spiro atoms. The van der Waals surface area contributed by atoms with Crippen molar-refractivity contribution in [2.24, 2.45) is 0 Å². The number of nitrogens with one attached hydrogen (secondary N) is 1. The molecule has 1 saturated heterocycles. The summed E-state index contributed by atoms with van der Waals surface area (Å²) < 4.78 is 5.03. The molecule has 26 heavy (non-hydrogen) atoms. The molecule has 0 radical (unpaired) electrons. The number of nitrogens with zero attached hydrogens (tertiary/aromatic N) is 1. The zero-order valence-electron chi connectivity index (χ0n) is 14.4. The van der Waals surface area contributed by atoms with E-state index in [1.807, 2.05) is 30.3 Å². The number of benzene rings is 1. The summed E-state index contributed by atoms with van der Waals surface area (Å²) in [7, 11) is 0. The van der Waals surface area contributed by atoms with Crippen molar-refractivity contribution in [1.82, 2.24) is 10.2 Å². The maximum absolute atomic E-state index is 12.6. The minimum absolute atomic E-state index is 0.204. The van der Waals surface area contributed by atoms with Crippen molar-refractivity contribution >= 4 is 41.1 Å². The molecule has 1 aromatic rings. The first kappa shape index (κ1) is 18.8. The quantitative estimate of drug-likeness (QED) is 0.470. The van der Waals surface area contributed by atoms with E-state index in [2.05, 4.69) is 5.32 Å². The lowest BCUT2D eigenvalue weighted by atomic mass is 10.0. The second-order valence-corrected chi connectivity index (χ2v) is 7.91. The Bertz CT molecular complexity index is 766. The molecule has 0 aliphatic carbocycles. The fourth-order valence-electron chi connectivity index (χ4n) is 2.97. The maximum Gasteiger partial charge on any atom is 0.356 e. The highest BCUT2D eigenvalue weighted by Crippen LogP contribution is 2.40. The molecule has 1 fully saturated rings. The molecule has 1 aromatic carbocycles. The van der Waals surface area contributed by atoms with Gasteiger partial charge in [0.25, 0.3) is 5.91 Å². The number of carbonyl (C=O) groups is 3. The molecule has 2 amide bonds. The summed E-state index contributed by atoms with van der Waals surface area (Å²) >= 11 is 7.23. The highest BCUT2D eigenvalue weighted by molar-refractivity contribution is 8.00. The van der Waals surface area contributed by atoms with E-state index in [1.165, 1.54) is 23.6 Å². The van der Waals surface area contributed by atoms with E-state index < -0.39 is 17.6 Å². The third-order valence-corrected chi connectivity index (χ3v) is 5.66. The first-order chi connectivity index (χ1) is 12.4. The van der Waals surface area contributed by atoms with E-state index in [0.717, 1.165) is 11.1 Å². The van der Waals surface area contributed by atoms with Gasteiger partial charge in [0.2, 0.25) is 5.91 Å². The fourth-order valence-corrected chi connectivity index (χ4v) is 4.35. The van der Waals surface area contributed by atoms with Gasteiger partial charge >= 0.3 is 5.97 Å².